The van der Waals surface area contributed by atoms with Gasteiger partial charge in [0.25, 0.3) is 0 Å². The monoisotopic (exact) mass is 370 g/mol. The van der Waals surface area contributed by atoms with Crippen molar-refractivity contribution in [2.24, 2.45) is 11.1 Å². The number of ether oxygens (including phenoxy) is 1. The third-order valence-corrected chi connectivity index (χ3v) is 4.45. The second-order valence-corrected chi connectivity index (χ2v) is 5.82. The maximum Gasteiger partial charge on any atom is 0.404 e. The molecule has 0 aromatic rings. The summed E-state index contributed by atoms with van der Waals surface area (Å²) in [7, 11) is 0. The lowest BCUT2D eigenvalue weighted by atomic mass is 9.85. The van der Waals surface area contributed by atoms with Crippen molar-refractivity contribution in [2.45, 2.75) is 37.2 Å². The molecule has 136 valence electrons. The number of carbonyl (C=O) groups excluding carboxylic acids is 1. The van der Waals surface area contributed by atoms with Gasteiger partial charge in [0.15, 0.2) is 5.41 Å². The van der Waals surface area contributed by atoms with E-state index in [1.807, 2.05) is 0 Å². The van der Waals surface area contributed by atoms with Crippen LogP contribution in [-0.2, 0) is 9.53 Å². The van der Waals surface area contributed by atoms with Crippen LogP contribution in [0.15, 0.2) is 0 Å². The molecule has 0 bridgehead atoms. The van der Waals surface area contributed by atoms with Gasteiger partial charge in [0.2, 0.25) is 5.91 Å². The Morgan fingerprint density at radius 3 is 1.87 bits per heavy atom. The summed E-state index contributed by atoms with van der Waals surface area (Å²) < 4.78 is 82.9. The first-order chi connectivity index (χ1) is 9.93. The van der Waals surface area contributed by atoms with Crippen LogP contribution in [0.4, 0.5) is 26.3 Å². The average Bonchev–Trinajstić information content (AvgIpc) is 2.84. The van der Waals surface area contributed by atoms with Gasteiger partial charge in [0.1, 0.15) is 0 Å². The van der Waals surface area contributed by atoms with E-state index in [-0.39, 0.29) is 38.5 Å². The summed E-state index contributed by atoms with van der Waals surface area (Å²) in [6.45, 7) is -1.74. The first-order valence-electron chi connectivity index (χ1n) is 6.72. The summed E-state index contributed by atoms with van der Waals surface area (Å²) >= 11 is 0. The molecule has 0 atom stereocenters. The molecule has 2 aliphatic rings. The van der Waals surface area contributed by atoms with Crippen LogP contribution in [0.25, 0.3) is 0 Å². The van der Waals surface area contributed by atoms with Crippen LogP contribution in [0.1, 0.15) is 19.3 Å². The number of hydrogen-bond donors (Lipinski definition) is 1. The Morgan fingerprint density at radius 2 is 1.48 bits per heavy atom. The molecule has 11 heteroatoms. The van der Waals surface area contributed by atoms with E-state index in [0.29, 0.717) is 4.90 Å². The molecule has 0 aromatic heterocycles. The van der Waals surface area contributed by atoms with Crippen LogP contribution in [0.2, 0.25) is 0 Å². The van der Waals surface area contributed by atoms with E-state index in [0.717, 1.165) is 0 Å². The smallest absolute Gasteiger partial charge is 0.381 e. The van der Waals surface area contributed by atoms with Crippen molar-refractivity contribution >= 4 is 18.3 Å². The van der Waals surface area contributed by atoms with Crippen LogP contribution >= 0.6 is 12.4 Å². The van der Waals surface area contributed by atoms with Gasteiger partial charge in [-0.05, 0) is 19.3 Å². The van der Waals surface area contributed by atoms with Crippen LogP contribution in [0, 0.1) is 5.41 Å². The van der Waals surface area contributed by atoms with Gasteiger partial charge in [-0.25, -0.2) is 0 Å². The van der Waals surface area contributed by atoms with Crippen molar-refractivity contribution < 1.29 is 35.9 Å². The van der Waals surface area contributed by atoms with E-state index in [2.05, 4.69) is 0 Å². The van der Waals surface area contributed by atoms with E-state index >= 15 is 0 Å². The van der Waals surface area contributed by atoms with Crippen molar-refractivity contribution in [3.8, 4) is 0 Å². The van der Waals surface area contributed by atoms with Gasteiger partial charge in [0.05, 0.1) is 5.54 Å². The summed E-state index contributed by atoms with van der Waals surface area (Å²) in [5, 5.41) is 0. The quantitative estimate of drug-likeness (QED) is 0.720. The number of likely N-dealkylation sites (tertiary alicyclic amines) is 1. The topological polar surface area (TPSA) is 55.6 Å². The Labute approximate surface area is 134 Å². The molecule has 0 spiro atoms. The van der Waals surface area contributed by atoms with E-state index in [1.54, 1.807) is 0 Å². The van der Waals surface area contributed by atoms with Crippen molar-refractivity contribution in [2.75, 3.05) is 26.3 Å². The number of alkyl halides is 6. The highest BCUT2D eigenvalue weighted by atomic mass is 35.5. The number of halogens is 7. The number of amides is 1. The zero-order valence-corrected chi connectivity index (χ0v) is 12.8. The maximum absolute atomic E-state index is 13.0. The van der Waals surface area contributed by atoms with Crippen molar-refractivity contribution in [1.29, 1.82) is 0 Å². The van der Waals surface area contributed by atoms with Gasteiger partial charge in [-0.15, -0.1) is 12.4 Å². The SMILES string of the molecule is Cl.NC1(C(=O)N2CCC(C(F)(F)F)(C(F)(F)F)C2)CCOCC1. The summed E-state index contributed by atoms with van der Waals surface area (Å²) in [6, 6.07) is 0. The van der Waals surface area contributed by atoms with Gasteiger partial charge in [0, 0.05) is 26.3 Å². The van der Waals surface area contributed by atoms with Gasteiger partial charge >= 0.3 is 12.4 Å². The van der Waals surface area contributed by atoms with Crippen LogP contribution in [0.3, 0.4) is 0 Å². The fourth-order valence-electron chi connectivity index (χ4n) is 2.87. The van der Waals surface area contributed by atoms with Gasteiger partial charge in [-0.1, -0.05) is 0 Å². The Bertz CT molecular complexity index is 434. The zero-order chi connectivity index (χ0) is 16.8. The first-order valence-corrected chi connectivity index (χ1v) is 6.72. The highest BCUT2D eigenvalue weighted by Crippen LogP contribution is 2.55. The maximum atomic E-state index is 13.0. The normalized spacial score (nSPS) is 24.2. The van der Waals surface area contributed by atoms with E-state index in [4.69, 9.17) is 10.5 Å². The molecular formula is C12H17ClF6N2O2. The molecule has 2 rings (SSSR count). The van der Waals surface area contributed by atoms with Crippen LogP contribution in [0.5, 0.6) is 0 Å². The standard InChI is InChI=1S/C12H16F6N2O2.ClH/c13-11(14,15)10(12(16,17)18)1-4-20(7-10)8(21)9(19)2-5-22-6-3-9;/h1-7,19H2;1H. The Hall–Kier alpha value is -0.740. The van der Waals surface area contributed by atoms with Crippen LogP contribution in [-0.4, -0.2) is 55.0 Å². The first kappa shape index (κ1) is 20.3. The molecule has 0 aromatic carbocycles. The molecule has 4 nitrogen and oxygen atoms in total. The molecule has 0 radical (unpaired) electrons. The van der Waals surface area contributed by atoms with Crippen molar-refractivity contribution in [3.63, 3.8) is 0 Å². The zero-order valence-electron chi connectivity index (χ0n) is 12.0. The molecule has 0 saturated carbocycles. The average molecular weight is 371 g/mol. The fourth-order valence-corrected chi connectivity index (χ4v) is 2.87. The number of nitrogens with two attached hydrogens (primary N) is 1. The molecule has 23 heavy (non-hydrogen) atoms. The highest BCUT2D eigenvalue weighted by molar-refractivity contribution is 5.86. The summed E-state index contributed by atoms with van der Waals surface area (Å²) in [4.78, 5) is 12.9. The Morgan fingerprint density at radius 1 is 1.00 bits per heavy atom. The lowest BCUT2D eigenvalue weighted by Gasteiger charge is -2.37. The predicted molar refractivity (Wildman–Crippen MR) is 70.0 cm³/mol. The largest absolute Gasteiger partial charge is 0.404 e. The molecule has 0 unspecified atom stereocenters. The van der Waals surface area contributed by atoms with E-state index < -0.39 is 48.7 Å². The molecule has 0 aliphatic carbocycles. The second-order valence-electron chi connectivity index (χ2n) is 5.82. The lowest BCUT2D eigenvalue weighted by Crippen LogP contribution is -2.59. The fraction of sp³-hybridized carbons (Fsp3) is 0.917. The summed E-state index contributed by atoms with van der Waals surface area (Å²) in [5.74, 6) is -0.869. The number of carbonyl (C=O) groups is 1. The van der Waals surface area contributed by atoms with Crippen molar-refractivity contribution in [1.82, 2.24) is 4.90 Å². The number of rotatable bonds is 1. The minimum Gasteiger partial charge on any atom is -0.381 e. The predicted octanol–water partition coefficient (Wildman–Crippen LogP) is 2.26. The van der Waals surface area contributed by atoms with Crippen molar-refractivity contribution in [3.05, 3.63) is 0 Å². The number of hydrogen-bond acceptors (Lipinski definition) is 3. The third kappa shape index (κ3) is 3.39. The molecule has 1 amide bonds. The molecule has 2 fully saturated rings. The minimum absolute atomic E-state index is 0. The molecule has 2 aliphatic heterocycles. The molecular weight excluding hydrogens is 354 g/mol. The lowest BCUT2D eigenvalue weighted by molar-refractivity contribution is -0.335. The molecule has 2 N–H and O–H groups in total. The second kappa shape index (κ2) is 6.29. The van der Waals surface area contributed by atoms with Gasteiger partial charge in [-0.3, -0.25) is 4.79 Å². The number of nitrogens with zero attached hydrogens (tertiary/aromatic N) is 1. The third-order valence-electron chi connectivity index (χ3n) is 4.45. The van der Waals surface area contributed by atoms with Gasteiger partial charge in [-0.2, -0.15) is 26.3 Å². The summed E-state index contributed by atoms with van der Waals surface area (Å²) in [6.07, 6.45) is -12.0. The molecule has 2 heterocycles. The van der Waals surface area contributed by atoms with Crippen LogP contribution < -0.4 is 5.73 Å². The highest BCUT2D eigenvalue weighted by Gasteiger charge is 2.73. The molecule has 2 saturated heterocycles. The van der Waals surface area contributed by atoms with E-state index in [9.17, 15) is 31.1 Å². The Balaban J connectivity index is 0.00000264. The minimum atomic E-state index is -5.47. The van der Waals surface area contributed by atoms with Gasteiger partial charge < -0.3 is 15.4 Å². The summed E-state index contributed by atoms with van der Waals surface area (Å²) in [5.41, 5.74) is 0.525. The Kier molecular flexibility index (Phi) is 5.55. The van der Waals surface area contributed by atoms with E-state index in [1.165, 1.54) is 0 Å².